The second-order valence-electron chi connectivity index (χ2n) is 4.51. The number of pyridine rings is 1. The molecule has 0 bridgehead atoms. The number of carbonyl (C=O) groups excluding carboxylic acids is 1. The molecular weight excluding hydrogens is 322 g/mol. The largest absolute Gasteiger partial charge is 0.497 e. The van der Waals surface area contributed by atoms with E-state index in [1.54, 1.807) is 25.3 Å². The van der Waals surface area contributed by atoms with Crippen LogP contribution in [0, 0.1) is 0 Å². The Hall–Kier alpha value is -2.19. The molecule has 0 radical (unpaired) electrons. The van der Waals surface area contributed by atoms with Crippen LogP contribution in [0.3, 0.4) is 0 Å². The van der Waals surface area contributed by atoms with Crippen LogP contribution >= 0.6 is 24.0 Å². The van der Waals surface area contributed by atoms with E-state index in [9.17, 15) is 9.59 Å². The average molecular weight is 333 g/mol. The maximum absolute atomic E-state index is 12.1. The summed E-state index contributed by atoms with van der Waals surface area (Å²) in [6.45, 7) is 0. The lowest BCUT2D eigenvalue weighted by Crippen LogP contribution is -2.23. The zero-order chi connectivity index (χ0) is 15.7. The van der Waals surface area contributed by atoms with Crippen LogP contribution in [-0.2, 0) is 4.79 Å². The van der Waals surface area contributed by atoms with Crippen LogP contribution < -0.4 is 10.3 Å². The Balaban J connectivity index is 1.97. The van der Waals surface area contributed by atoms with Crippen molar-refractivity contribution in [3.05, 3.63) is 40.2 Å². The highest BCUT2D eigenvalue weighted by Gasteiger charge is 2.26. The number of thioether (sulfide) groups is 1. The fourth-order valence-corrected chi connectivity index (χ4v) is 2.97. The molecule has 112 valence electrons. The molecule has 1 saturated heterocycles. The molecule has 1 N–H and O–H groups in total. The van der Waals surface area contributed by atoms with E-state index < -0.39 is 0 Å². The summed E-state index contributed by atoms with van der Waals surface area (Å²) in [5, 5.41) is 5.98. The molecule has 3 rings (SSSR count). The van der Waals surface area contributed by atoms with Gasteiger partial charge in [0.25, 0.3) is 11.5 Å². The standard InChI is InChI=1S/C14H11N3O3S2/c1-20-10-3-2-8-4-9(13(19)16-11(8)5-10)6-15-17-12(18)7-22-14(17)21/h2-6H,7H2,1H3,(H,16,19)/b15-6+. The summed E-state index contributed by atoms with van der Waals surface area (Å²) in [6, 6.07) is 7.08. The molecule has 0 unspecified atom stereocenters. The number of amides is 1. The van der Waals surface area contributed by atoms with Gasteiger partial charge in [-0.3, -0.25) is 9.59 Å². The molecule has 0 atom stereocenters. The first-order chi connectivity index (χ1) is 10.6. The minimum Gasteiger partial charge on any atom is -0.497 e. The summed E-state index contributed by atoms with van der Waals surface area (Å²) in [6.07, 6.45) is 1.35. The van der Waals surface area contributed by atoms with Crippen molar-refractivity contribution in [2.75, 3.05) is 12.9 Å². The number of nitrogens with zero attached hydrogens (tertiary/aromatic N) is 2. The summed E-state index contributed by atoms with van der Waals surface area (Å²) in [7, 11) is 1.56. The molecule has 2 heterocycles. The molecule has 0 saturated carbocycles. The summed E-state index contributed by atoms with van der Waals surface area (Å²) >= 11 is 6.28. The fraction of sp³-hybridized carbons (Fsp3) is 0.143. The van der Waals surface area contributed by atoms with Crippen molar-refractivity contribution in [3.63, 3.8) is 0 Å². The Bertz CT molecular complexity index is 844. The number of aromatic nitrogens is 1. The summed E-state index contributed by atoms with van der Waals surface area (Å²) in [5.74, 6) is 0.757. The molecule has 1 fully saturated rings. The second kappa shape index (κ2) is 5.90. The number of rotatable bonds is 3. The topological polar surface area (TPSA) is 74.8 Å². The van der Waals surface area contributed by atoms with E-state index in [-0.39, 0.29) is 17.2 Å². The van der Waals surface area contributed by atoms with Crippen molar-refractivity contribution in [2.45, 2.75) is 0 Å². The highest BCUT2D eigenvalue weighted by atomic mass is 32.2. The molecule has 1 aliphatic heterocycles. The van der Waals surface area contributed by atoms with Crippen molar-refractivity contribution >= 4 is 51.3 Å². The predicted octanol–water partition coefficient (Wildman–Crippen LogP) is 1.73. The molecule has 0 spiro atoms. The molecule has 0 aliphatic carbocycles. The van der Waals surface area contributed by atoms with Crippen LogP contribution in [0.5, 0.6) is 5.75 Å². The van der Waals surface area contributed by atoms with Gasteiger partial charge < -0.3 is 9.72 Å². The molecular formula is C14H11N3O3S2. The lowest BCUT2D eigenvalue weighted by Gasteiger charge is -2.06. The third-order valence-corrected chi connectivity index (χ3v) is 4.46. The molecule has 1 aromatic carbocycles. The quantitative estimate of drug-likeness (QED) is 0.684. The first-order valence-corrected chi connectivity index (χ1v) is 7.72. The zero-order valence-electron chi connectivity index (χ0n) is 11.5. The van der Waals surface area contributed by atoms with Crippen LogP contribution in [0.15, 0.2) is 34.2 Å². The Morgan fingerprint density at radius 2 is 2.23 bits per heavy atom. The highest BCUT2D eigenvalue weighted by molar-refractivity contribution is 8.23. The van der Waals surface area contributed by atoms with Gasteiger partial charge in [0.2, 0.25) is 0 Å². The third-order valence-electron chi connectivity index (χ3n) is 3.12. The molecule has 2 aromatic rings. The third kappa shape index (κ3) is 2.75. The minimum absolute atomic E-state index is 0.187. The lowest BCUT2D eigenvalue weighted by atomic mass is 10.1. The van der Waals surface area contributed by atoms with E-state index in [2.05, 4.69) is 10.1 Å². The van der Waals surface area contributed by atoms with Crippen molar-refractivity contribution < 1.29 is 9.53 Å². The Morgan fingerprint density at radius 1 is 1.41 bits per heavy atom. The molecule has 1 aliphatic rings. The number of hydrazone groups is 1. The number of aromatic amines is 1. The fourth-order valence-electron chi connectivity index (χ4n) is 2.00. The SMILES string of the molecule is COc1ccc2cc(/C=N/N3C(=O)CSC3=S)c(=O)[nH]c2c1. The van der Waals surface area contributed by atoms with Gasteiger partial charge in [0.05, 0.1) is 30.2 Å². The van der Waals surface area contributed by atoms with E-state index in [0.29, 0.717) is 21.2 Å². The predicted molar refractivity (Wildman–Crippen MR) is 90.6 cm³/mol. The summed E-state index contributed by atoms with van der Waals surface area (Å²) < 4.78 is 5.51. The molecule has 8 heteroatoms. The number of hydrogen-bond donors (Lipinski definition) is 1. The number of benzene rings is 1. The van der Waals surface area contributed by atoms with Crippen LogP contribution in [0.2, 0.25) is 0 Å². The smallest absolute Gasteiger partial charge is 0.259 e. The van der Waals surface area contributed by atoms with Gasteiger partial charge in [-0.05, 0) is 23.6 Å². The number of H-pyrrole nitrogens is 1. The van der Waals surface area contributed by atoms with Gasteiger partial charge in [-0.2, -0.15) is 10.1 Å². The normalized spacial score (nSPS) is 15.2. The number of ether oxygens (including phenoxy) is 1. The first-order valence-electron chi connectivity index (χ1n) is 6.33. The van der Waals surface area contributed by atoms with Crippen LogP contribution in [0.1, 0.15) is 5.56 Å². The average Bonchev–Trinajstić information content (AvgIpc) is 2.83. The van der Waals surface area contributed by atoms with E-state index in [1.807, 2.05) is 6.07 Å². The number of hydrogen-bond acceptors (Lipinski definition) is 6. The molecule has 6 nitrogen and oxygen atoms in total. The Morgan fingerprint density at radius 3 is 2.91 bits per heavy atom. The van der Waals surface area contributed by atoms with Crippen molar-refractivity contribution in [2.24, 2.45) is 5.10 Å². The Labute approximate surface area is 135 Å². The van der Waals surface area contributed by atoms with Gasteiger partial charge in [-0.25, -0.2) is 0 Å². The minimum atomic E-state index is -0.297. The number of fused-ring (bicyclic) bond motifs is 1. The second-order valence-corrected chi connectivity index (χ2v) is 6.12. The molecule has 1 aromatic heterocycles. The molecule has 1 amide bonds. The Kier molecular flexibility index (Phi) is 3.95. The van der Waals surface area contributed by atoms with Crippen molar-refractivity contribution in [1.82, 2.24) is 9.99 Å². The zero-order valence-corrected chi connectivity index (χ0v) is 13.2. The number of carbonyl (C=O) groups is 1. The van der Waals surface area contributed by atoms with E-state index >= 15 is 0 Å². The molecule has 22 heavy (non-hydrogen) atoms. The van der Waals surface area contributed by atoms with Gasteiger partial charge >= 0.3 is 0 Å². The monoisotopic (exact) mass is 333 g/mol. The maximum atomic E-state index is 12.1. The van der Waals surface area contributed by atoms with Crippen LogP contribution in [-0.4, -0.2) is 39.3 Å². The van der Waals surface area contributed by atoms with Gasteiger partial charge in [-0.1, -0.05) is 24.0 Å². The van der Waals surface area contributed by atoms with Crippen molar-refractivity contribution in [3.8, 4) is 5.75 Å². The lowest BCUT2D eigenvalue weighted by molar-refractivity contribution is -0.123. The van der Waals surface area contributed by atoms with Gasteiger partial charge in [0.1, 0.15) is 5.75 Å². The van der Waals surface area contributed by atoms with E-state index in [4.69, 9.17) is 17.0 Å². The van der Waals surface area contributed by atoms with E-state index in [0.717, 1.165) is 10.4 Å². The van der Waals surface area contributed by atoms with E-state index in [1.165, 1.54) is 18.0 Å². The summed E-state index contributed by atoms with van der Waals surface area (Å²) in [5.41, 5.74) is 0.727. The maximum Gasteiger partial charge on any atom is 0.259 e. The van der Waals surface area contributed by atoms with Crippen molar-refractivity contribution in [1.29, 1.82) is 0 Å². The summed E-state index contributed by atoms with van der Waals surface area (Å²) in [4.78, 5) is 26.4. The number of nitrogens with one attached hydrogen (secondary N) is 1. The highest BCUT2D eigenvalue weighted by Crippen LogP contribution is 2.20. The van der Waals surface area contributed by atoms with Crippen LogP contribution in [0.25, 0.3) is 10.9 Å². The first kappa shape index (κ1) is 14.7. The van der Waals surface area contributed by atoms with Crippen LogP contribution in [0.4, 0.5) is 0 Å². The van der Waals surface area contributed by atoms with Gasteiger partial charge in [0.15, 0.2) is 4.32 Å². The van der Waals surface area contributed by atoms with Gasteiger partial charge in [0, 0.05) is 6.07 Å². The number of thiocarbonyl (C=S) groups is 1. The number of methoxy groups -OCH3 is 1. The van der Waals surface area contributed by atoms with Gasteiger partial charge in [-0.15, -0.1) is 0 Å².